The SMILES string of the molecule is N#Cc1ncc(N2C(=O)C3(CCC3)N(c3ccc(OC4C5CCC4CNC5)cc3)C2=S)cc1C(F)(F)F. The van der Waals surface area contributed by atoms with Crippen LogP contribution in [0.4, 0.5) is 24.5 Å². The van der Waals surface area contributed by atoms with Gasteiger partial charge in [0, 0.05) is 30.6 Å². The Labute approximate surface area is 217 Å². The third kappa shape index (κ3) is 3.77. The first kappa shape index (κ1) is 24.1. The summed E-state index contributed by atoms with van der Waals surface area (Å²) in [5.74, 6) is 1.36. The molecule has 1 N–H and O–H groups in total. The summed E-state index contributed by atoms with van der Waals surface area (Å²) >= 11 is 5.67. The number of thiocarbonyl (C=S) groups is 1. The van der Waals surface area contributed by atoms with Crippen molar-refractivity contribution < 1.29 is 22.7 Å². The molecule has 1 spiro atoms. The van der Waals surface area contributed by atoms with Gasteiger partial charge in [0.25, 0.3) is 5.91 Å². The lowest BCUT2D eigenvalue weighted by atomic mass is 9.75. The standard InChI is InChI=1S/C26H24F3N5O2S/c27-26(28,29)20-10-18(14-32-21(20)11-30)33-23(35)25(8-1-9-25)34(24(33)37)17-4-6-19(7-5-17)36-22-15-2-3-16(22)13-31-12-15/h4-7,10,14-16,22,31H,1-3,8-9,12-13H2. The molecule has 2 saturated heterocycles. The van der Waals surface area contributed by atoms with E-state index in [1.807, 2.05) is 24.3 Å². The Hall–Kier alpha value is -3.23. The maximum absolute atomic E-state index is 13.6. The first-order chi connectivity index (χ1) is 17.7. The Morgan fingerprint density at radius 3 is 2.38 bits per heavy atom. The summed E-state index contributed by atoms with van der Waals surface area (Å²) in [7, 11) is 0. The number of carbonyl (C=O) groups is 1. The summed E-state index contributed by atoms with van der Waals surface area (Å²) in [6, 6.07) is 9.66. The first-order valence-corrected chi connectivity index (χ1v) is 12.8. The molecule has 2 saturated carbocycles. The Kier molecular flexibility index (Phi) is 5.65. The van der Waals surface area contributed by atoms with Gasteiger partial charge in [0.2, 0.25) is 0 Å². The normalized spacial score (nSPS) is 26.4. The molecule has 6 rings (SSSR count). The van der Waals surface area contributed by atoms with Crippen molar-refractivity contribution in [1.82, 2.24) is 10.3 Å². The van der Waals surface area contributed by atoms with Crippen LogP contribution in [0.15, 0.2) is 36.5 Å². The molecule has 2 bridgehead atoms. The molecular weight excluding hydrogens is 503 g/mol. The van der Waals surface area contributed by atoms with E-state index in [2.05, 4.69) is 10.3 Å². The average Bonchev–Trinajstić information content (AvgIpc) is 3.20. The van der Waals surface area contributed by atoms with E-state index >= 15 is 0 Å². The molecular formula is C26H24F3N5O2S. The number of rotatable bonds is 4. The van der Waals surface area contributed by atoms with Crippen LogP contribution in [0.1, 0.15) is 43.4 Å². The van der Waals surface area contributed by atoms with Crippen molar-refractivity contribution in [2.75, 3.05) is 22.9 Å². The van der Waals surface area contributed by atoms with E-state index < -0.39 is 23.0 Å². The molecule has 0 radical (unpaired) electrons. The molecule has 37 heavy (non-hydrogen) atoms. The maximum atomic E-state index is 13.6. The number of aromatic nitrogens is 1. The number of ether oxygens (including phenoxy) is 1. The van der Waals surface area contributed by atoms with Crippen molar-refractivity contribution in [2.24, 2.45) is 11.8 Å². The van der Waals surface area contributed by atoms with Crippen LogP contribution in [0, 0.1) is 23.2 Å². The molecule has 11 heteroatoms. The third-order valence-corrected chi connectivity index (χ3v) is 8.52. The van der Waals surface area contributed by atoms with Crippen molar-refractivity contribution >= 4 is 34.6 Å². The summed E-state index contributed by atoms with van der Waals surface area (Å²) in [4.78, 5) is 20.2. The van der Waals surface area contributed by atoms with Gasteiger partial charge in [0.1, 0.15) is 23.5 Å². The smallest absolute Gasteiger partial charge is 0.419 e. The van der Waals surface area contributed by atoms with Crippen LogP contribution in [0.3, 0.4) is 0 Å². The molecule has 4 aliphatic rings. The molecule has 4 fully saturated rings. The van der Waals surface area contributed by atoms with Crippen molar-refractivity contribution in [2.45, 2.75) is 49.9 Å². The molecule has 2 unspecified atom stereocenters. The van der Waals surface area contributed by atoms with Crippen molar-refractivity contribution in [3.63, 3.8) is 0 Å². The summed E-state index contributed by atoms with van der Waals surface area (Å²) < 4.78 is 47.1. The van der Waals surface area contributed by atoms with Crippen LogP contribution in [0.5, 0.6) is 5.75 Å². The third-order valence-electron chi connectivity index (χ3n) is 8.15. The minimum atomic E-state index is -4.80. The van der Waals surface area contributed by atoms with Gasteiger partial charge >= 0.3 is 6.18 Å². The number of alkyl halides is 3. The zero-order chi connectivity index (χ0) is 25.9. The number of anilines is 2. The number of hydrogen-bond acceptors (Lipinski definition) is 6. The van der Waals surface area contributed by atoms with Gasteiger partial charge in [-0.2, -0.15) is 18.4 Å². The zero-order valence-corrected chi connectivity index (χ0v) is 20.6. The number of nitriles is 1. The quantitative estimate of drug-likeness (QED) is 0.590. The van der Waals surface area contributed by atoms with Gasteiger partial charge in [-0.05, 0) is 74.7 Å². The van der Waals surface area contributed by atoms with Crippen LogP contribution in [0.2, 0.25) is 0 Å². The molecule has 2 aromatic rings. The summed E-state index contributed by atoms with van der Waals surface area (Å²) in [6.07, 6.45) is 0.671. The minimum Gasteiger partial charge on any atom is -0.490 e. The van der Waals surface area contributed by atoms with Crippen molar-refractivity contribution in [3.8, 4) is 11.8 Å². The monoisotopic (exact) mass is 527 g/mol. The molecule has 1 amide bonds. The Balaban J connectivity index is 1.30. The number of nitrogens with zero attached hydrogens (tertiary/aromatic N) is 4. The highest BCUT2D eigenvalue weighted by Gasteiger charge is 2.59. The van der Waals surface area contributed by atoms with Gasteiger partial charge in [0.05, 0.1) is 17.4 Å². The number of hydrogen-bond donors (Lipinski definition) is 1. The zero-order valence-electron chi connectivity index (χ0n) is 19.8. The predicted molar refractivity (Wildman–Crippen MR) is 133 cm³/mol. The van der Waals surface area contributed by atoms with Crippen molar-refractivity contribution in [3.05, 3.63) is 47.8 Å². The Morgan fingerprint density at radius 2 is 1.81 bits per heavy atom. The number of halogens is 3. The lowest BCUT2D eigenvalue weighted by molar-refractivity contribution is -0.138. The van der Waals surface area contributed by atoms with Gasteiger partial charge in [-0.3, -0.25) is 9.69 Å². The van der Waals surface area contributed by atoms with E-state index in [0.29, 0.717) is 30.4 Å². The van der Waals surface area contributed by atoms with E-state index in [-0.39, 0.29) is 22.8 Å². The highest BCUT2D eigenvalue weighted by Crippen LogP contribution is 2.48. The molecule has 3 heterocycles. The van der Waals surface area contributed by atoms with E-state index in [1.54, 1.807) is 4.90 Å². The fourth-order valence-electron chi connectivity index (χ4n) is 6.14. The van der Waals surface area contributed by atoms with E-state index in [1.165, 1.54) is 6.07 Å². The van der Waals surface area contributed by atoms with E-state index in [4.69, 9.17) is 22.2 Å². The fraction of sp³-hybridized carbons (Fsp3) is 0.462. The number of pyridine rings is 1. The molecule has 1 aromatic heterocycles. The highest BCUT2D eigenvalue weighted by atomic mass is 32.1. The second kappa shape index (κ2) is 8.67. The van der Waals surface area contributed by atoms with Gasteiger partial charge < -0.3 is 15.0 Å². The number of fused-ring (bicyclic) bond motifs is 2. The fourth-order valence-corrected chi connectivity index (χ4v) is 6.61. The number of carbonyl (C=O) groups excluding carboxylic acids is 1. The van der Waals surface area contributed by atoms with E-state index in [0.717, 1.165) is 55.3 Å². The number of benzene rings is 1. The average molecular weight is 528 g/mol. The Bertz CT molecular complexity index is 1290. The van der Waals surface area contributed by atoms with Crippen LogP contribution in [-0.2, 0) is 11.0 Å². The van der Waals surface area contributed by atoms with Crippen LogP contribution >= 0.6 is 12.2 Å². The number of nitrogens with one attached hydrogen (secondary N) is 1. The number of amides is 1. The highest BCUT2D eigenvalue weighted by molar-refractivity contribution is 7.81. The largest absolute Gasteiger partial charge is 0.490 e. The molecule has 2 aliphatic heterocycles. The second-order valence-electron chi connectivity index (χ2n) is 10.2. The van der Waals surface area contributed by atoms with E-state index in [9.17, 15) is 18.0 Å². The van der Waals surface area contributed by atoms with Gasteiger partial charge in [0.15, 0.2) is 10.8 Å². The van der Waals surface area contributed by atoms with Crippen LogP contribution in [-0.4, -0.2) is 40.7 Å². The lowest BCUT2D eigenvalue weighted by Gasteiger charge is -2.43. The van der Waals surface area contributed by atoms with Crippen molar-refractivity contribution in [1.29, 1.82) is 5.26 Å². The second-order valence-corrected chi connectivity index (χ2v) is 10.5. The van der Waals surface area contributed by atoms with Gasteiger partial charge in [-0.1, -0.05) is 0 Å². The molecule has 1 aromatic carbocycles. The predicted octanol–water partition coefficient (Wildman–Crippen LogP) is 4.41. The topological polar surface area (TPSA) is 81.5 Å². The van der Waals surface area contributed by atoms with Crippen LogP contribution < -0.4 is 19.9 Å². The minimum absolute atomic E-state index is 0.0920. The number of piperidine rings is 1. The molecule has 2 aliphatic carbocycles. The Morgan fingerprint density at radius 1 is 1.14 bits per heavy atom. The van der Waals surface area contributed by atoms with Gasteiger partial charge in [-0.25, -0.2) is 4.98 Å². The summed E-state index contributed by atoms with van der Waals surface area (Å²) in [6.45, 7) is 1.92. The van der Waals surface area contributed by atoms with Gasteiger partial charge in [-0.15, -0.1) is 0 Å². The first-order valence-electron chi connectivity index (χ1n) is 12.4. The van der Waals surface area contributed by atoms with Crippen LogP contribution in [0.25, 0.3) is 0 Å². The summed E-state index contributed by atoms with van der Waals surface area (Å²) in [5.41, 5.74) is -2.31. The molecule has 7 nitrogen and oxygen atoms in total. The summed E-state index contributed by atoms with van der Waals surface area (Å²) in [5, 5.41) is 12.6. The molecule has 2 atom stereocenters. The molecule has 192 valence electrons. The maximum Gasteiger partial charge on any atom is 0.419 e. The lowest BCUT2D eigenvalue weighted by Crippen LogP contribution is -2.55.